The van der Waals surface area contributed by atoms with Gasteiger partial charge < -0.3 is 14.2 Å². The molecular formula is C52H88O6. The summed E-state index contributed by atoms with van der Waals surface area (Å²) in [6.45, 7) is 6.41. The molecule has 0 aliphatic rings. The lowest BCUT2D eigenvalue weighted by Crippen LogP contribution is -2.30. The highest BCUT2D eigenvalue weighted by Gasteiger charge is 2.19. The van der Waals surface area contributed by atoms with Gasteiger partial charge in [0, 0.05) is 19.3 Å². The monoisotopic (exact) mass is 809 g/mol. The Kier molecular flexibility index (Phi) is 44.0. The van der Waals surface area contributed by atoms with Crippen LogP contribution in [0.1, 0.15) is 220 Å². The molecule has 0 N–H and O–H groups in total. The number of hydrogen-bond acceptors (Lipinski definition) is 6. The zero-order chi connectivity index (χ0) is 42.3. The average Bonchev–Trinajstić information content (AvgIpc) is 3.22. The van der Waals surface area contributed by atoms with Gasteiger partial charge >= 0.3 is 17.9 Å². The highest BCUT2D eigenvalue weighted by atomic mass is 16.6. The van der Waals surface area contributed by atoms with Crippen molar-refractivity contribution in [2.24, 2.45) is 0 Å². The van der Waals surface area contributed by atoms with Crippen molar-refractivity contribution >= 4 is 17.9 Å². The van der Waals surface area contributed by atoms with Crippen molar-refractivity contribution in [1.82, 2.24) is 0 Å². The third-order valence-electron chi connectivity index (χ3n) is 10.0. The van der Waals surface area contributed by atoms with Crippen LogP contribution in [-0.2, 0) is 28.6 Å². The zero-order valence-electron chi connectivity index (χ0n) is 37.8. The quantitative estimate of drug-likeness (QED) is 0.0201. The summed E-state index contributed by atoms with van der Waals surface area (Å²) in [4.78, 5) is 37.8. The van der Waals surface area contributed by atoms with E-state index in [4.69, 9.17) is 14.2 Å². The molecule has 0 aromatic carbocycles. The van der Waals surface area contributed by atoms with E-state index in [2.05, 4.69) is 57.2 Å². The Morgan fingerprint density at radius 1 is 0.362 bits per heavy atom. The lowest BCUT2D eigenvalue weighted by Gasteiger charge is -2.18. The number of esters is 3. The molecule has 1 unspecified atom stereocenters. The van der Waals surface area contributed by atoms with Gasteiger partial charge in [-0.15, -0.1) is 0 Å². The Labute approximate surface area is 357 Å². The van der Waals surface area contributed by atoms with Crippen LogP contribution in [0.15, 0.2) is 72.9 Å². The van der Waals surface area contributed by atoms with Gasteiger partial charge in [0.25, 0.3) is 0 Å². The number of hydrogen-bond donors (Lipinski definition) is 0. The average molecular weight is 809 g/mol. The number of ether oxygens (including phenoxy) is 3. The number of rotatable bonds is 42. The van der Waals surface area contributed by atoms with Gasteiger partial charge in [0.1, 0.15) is 13.2 Å². The fourth-order valence-electron chi connectivity index (χ4n) is 6.38. The molecule has 0 aliphatic carbocycles. The molecule has 0 heterocycles. The molecule has 0 aromatic rings. The minimum absolute atomic E-state index is 0.105. The third kappa shape index (κ3) is 44.0. The van der Waals surface area contributed by atoms with Gasteiger partial charge in [0.2, 0.25) is 0 Å². The van der Waals surface area contributed by atoms with Crippen molar-refractivity contribution in [3.63, 3.8) is 0 Å². The van der Waals surface area contributed by atoms with Crippen LogP contribution in [0.2, 0.25) is 0 Å². The predicted octanol–water partition coefficient (Wildman–Crippen LogP) is 15.5. The number of allylic oxidation sites excluding steroid dienone is 12. The maximum Gasteiger partial charge on any atom is 0.306 e. The highest BCUT2D eigenvalue weighted by Crippen LogP contribution is 2.13. The molecule has 0 spiro atoms. The van der Waals surface area contributed by atoms with E-state index in [-0.39, 0.29) is 37.5 Å². The molecule has 0 rings (SSSR count). The molecule has 58 heavy (non-hydrogen) atoms. The highest BCUT2D eigenvalue weighted by molar-refractivity contribution is 5.71. The van der Waals surface area contributed by atoms with Crippen LogP contribution in [0.3, 0.4) is 0 Å². The van der Waals surface area contributed by atoms with Crippen LogP contribution >= 0.6 is 0 Å². The smallest absolute Gasteiger partial charge is 0.306 e. The summed E-state index contributed by atoms with van der Waals surface area (Å²) < 4.78 is 16.7. The standard InChI is InChI=1S/C52H88O6/c1-4-7-10-13-16-19-22-25-28-30-33-36-39-42-45-51(54)57-48-49(58-52(55)46-43-40-37-34-31-27-24-21-18-15-12-9-6-3)47-56-50(53)44-41-38-35-32-29-26-23-20-17-14-11-8-5-2/h9,12,15,18,21,24,26-31,49H,4-8,10-11,13-14,16-17,19-20,22-23,25,32-48H2,1-3H3/b12-9+,18-15+,24-21+,29-26+,30-28+,31-27+. The molecule has 6 heteroatoms. The lowest BCUT2D eigenvalue weighted by molar-refractivity contribution is -0.167. The molecular weight excluding hydrogens is 721 g/mol. The van der Waals surface area contributed by atoms with Crippen LogP contribution in [0, 0.1) is 0 Å². The summed E-state index contributed by atoms with van der Waals surface area (Å²) in [6.07, 6.45) is 57.4. The second-order valence-corrected chi connectivity index (χ2v) is 15.7. The maximum absolute atomic E-state index is 12.7. The van der Waals surface area contributed by atoms with E-state index in [0.29, 0.717) is 19.3 Å². The molecule has 0 radical (unpaired) electrons. The van der Waals surface area contributed by atoms with Crippen molar-refractivity contribution in [3.8, 4) is 0 Å². The molecule has 0 bridgehead atoms. The topological polar surface area (TPSA) is 78.9 Å². The van der Waals surface area contributed by atoms with E-state index in [9.17, 15) is 14.4 Å². The predicted molar refractivity (Wildman–Crippen MR) is 247 cm³/mol. The normalized spacial score (nSPS) is 12.7. The molecule has 0 saturated heterocycles. The summed E-state index contributed by atoms with van der Waals surface area (Å²) in [5.41, 5.74) is 0. The van der Waals surface area contributed by atoms with Gasteiger partial charge in [-0.3, -0.25) is 14.4 Å². The van der Waals surface area contributed by atoms with Crippen molar-refractivity contribution in [2.45, 2.75) is 226 Å². The van der Waals surface area contributed by atoms with Crippen LogP contribution in [0.5, 0.6) is 0 Å². The summed E-state index contributed by atoms with van der Waals surface area (Å²) in [6, 6.07) is 0. The van der Waals surface area contributed by atoms with Crippen LogP contribution in [-0.4, -0.2) is 37.2 Å². The van der Waals surface area contributed by atoms with E-state index in [0.717, 1.165) is 89.9 Å². The molecule has 0 fully saturated rings. The van der Waals surface area contributed by atoms with Crippen molar-refractivity contribution in [3.05, 3.63) is 72.9 Å². The van der Waals surface area contributed by atoms with E-state index in [1.807, 2.05) is 36.5 Å². The molecule has 332 valence electrons. The van der Waals surface area contributed by atoms with Crippen LogP contribution < -0.4 is 0 Å². The first-order valence-electron chi connectivity index (χ1n) is 24.0. The van der Waals surface area contributed by atoms with Gasteiger partial charge in [-0.05, 0) is 89.9 Å². The Hall–Kier alpha value is -3.15. The van der Waals surface area contributed by atoms with E-state index in [1.165, 1.54) is 83.5 Å². The SMILES string of the molecule is CC/C=C/C=C/C=C/C=C/CCCCCC(=O)OC(COC(=O)CCCCC/C=C/CCCCCCCC)COC(=O)CCCCC/C=C/CCCCCCCCC. The summed E-state index contributed by atoms with van der Waals surface area (Å²) in [5, 5.41) is 0. The van der Waals surface area contributed by atoms with E-state index < -0.39 is 6.10 Å². The van der Waals surface area contributed by atoms with Gasteiger partial charge in [0.05, 0.1) is 0 Å². The first kappa shape index (κ1) is 54.9. The van der Waals surface area contributed by atoms with Gasteiger partial charge in [-0.2, -0.15) is 0 Å². The summed E-state index contributed by atoms with van der Waals surface area (Å²) in [5.74, 6) is -0.978. The minimum Gasteiger partial charge on any atom is -0.462 e. The second kappa shape index (κ2) is 46.5. The zero-order valence-corrected chi connectivity index (χ0v) is 37.8. The fraction of sp³-hybridized carbons (Fsp3) is 0.712. The third-order valence-corrected chi connectivity index (χ3v) is 10.0. The Balaban J connectivity index is 4.49. The van der Waals surface area contributed by atoms with Crippen molar-refractivity contribution in [1.29, 1.82) is 0 Å². The molecule has 0 aliphatic heterocycles. The van der Waals surface area contributed by atoms with Crippen molar-refractivity contribution < 1.29 is 28.6 Å². The second-order valence-electron chi connectivity index (χ2n) is 15.7. The lowest BCUT2D eigenvalue weighted by atomic mass is 10.1. The Morgan fingerprint density at radius 3 is 1.10 bits per heavy atom. The van der Waals surface area contributed by atoms with E-state index in [1.54, 1.807) is 0 Å². The first-order chi connectivity index (χ1) is 28.5. The molecule has 0 saturated carbocycles. The molecule has 6 nitrogen and oxygen atoms in total. The van der Waals surface area contributed by atoms with Gasteiger partial charge in [0.15, 0.2) is 6.10 Å². The number of carbonyl (C=O) groups excluding carboxylic acids is 3. The Morgan fingerprint density at radius 2 is 0.690 bits per heavy atom. The van der Waals surface area contributed by atoms with E-state index >= 15 is 0 Å². The molecule has 0 aromatic heterocycles. The number of unbranched alkanes of at least 4 members (excludes halogenated alkanes) is 22. The Bertz CT molecular complexity index is 1110. The maximum atomic E-state index is 12.7. The van der Waals surface area contributed by atoms with Gasteiger partial charge in [-0.1, -0.05) is 184 Å². The summed E-state index contributed by atoms with van der Waals surface area (Å²) >= 11 is 0. The van der Waals surface area contributed by atoms with Crippen LogP contribution in [0.25, 0.3) is 0 Å². The molecule has 0 amide bonds. The fourth-order valence-corrected chi connectivity index (χ4v) is 6.38. The number of carbonyl (C=O) groups is 3. The largest absolute Gasteiger partial charge is 0.462 e. The van der Waals surface area contributed by atoms with Crippen molar-refractivity contribution in [2.75, 3.05) is 13.2 Å². The van der Waals surface area contributed by atoms with Crippen LogP contribution in [0.4, 0.5) is 0 Å². The first-order valence-corrected chi connectivity index (χ1v) is 24.0. The summed E-state index contributed by atoms with van der Waals surface area (Å²) in [7, 11) is 0. The van der Waals surface area contributed by atoms with Gasteiger partial charge in [-0.25, -0.2) is 0 Å². The minimum atomic E-state index is -0.806. The molecule has 1 atom stereocenters.